The summed E-state index contributed by atoms with van der Waals surface area (Å²) >= 11 is 3.40. The van der Waals surface area contributed by atoms with Crippen LogP contribution >= 0.6 is 15.9 Å². The first kappa shape index (κ1) is 11.1. The molecule has 3 nitrogen and oxygen atoms in total. The quantitative estimate of drug-likeness (QED) is 0.791. The summed E-state index contributed by atoms with van der Waals surface area (Å²) in [6, 6.07) is 5.66. The monoisotopic (exact) mass is 278 g/mol. The highest BCUT2D eigenvalue weighted by molar-refractivity contribution is 9.10. The first-order valence-corrected chi connectivity index (χ1v) is 5.69. The molecule has 2 rings (SSSR count). The minimum atomic E-state index is 0.0563. The van der Waals surface area contributed by atoms with E-state index in [9.17, 15) is 4.79 Å². The van der Waals surface area contributed by atoms with Gasteiger partial charge in [-0.05, 0) is 48.0 Å². The summed E-state index contributed by atoms with van der Waals surface area (Å²) in [5.41, 5.74) is 1.69. The van der Waals surface area contributed by atoms with Crippen LogP contribution in [0.2, 0.25) is 0 Å². The fourth-order valence-corrected chi connectivity index (χ4v) is 2.24. The zero-order valence-corrected chi connectivity index (χ0v) is 10.7. The Bertz CT molecular complexity index is 546. The number of nitrogens with zero attached hydrogens (tertiary/aromatic N) is 2. The molecule has 82 valence electrons. The summed E-state index contributed by atoms with van der Waals surface area (Å²) in [4.78, 5) is 15.4. The lowest BCUT2D eigenvalue weighted by molar-refractivity contribution is 0.101. The Kier molecular flexibility index (Phi) is 2.92. The topological polar surface area (TPSA) is 34.9 Å². The highest BCUT2D eigenvalue weighted by atomic mass is 79.9. The largest absolute Gasteiger partial charge is 0.304 e. The standard InChI is InChI=1S/C12H11BrN2O/c1-8(16)11-4-3-10(7-12(11)13)15-6-5-14-9(15)2/h3-7H,1-2H3. The van der Waals surface area contributed by atoms with Crippen molar-refractivity contribution in [3.63, 3.8) is 0 Å². The summed E-state index contributed by atoms with van der Waals surface area (Å²) in [7, 11) is 0. The van der Waals surface area contributed by atoms with Gasteiger partial charge in [-0.15, -0.1) is 0 Å². The normalized spacial score (nSPS) is 10.4. The zero-order valence-electron chi connectivity index (χ0n) is 9.07. The highest BCUT2D eigenvalue weighted by Gasteiger charge is 2.07. The second kappa shape index (κ2) is 4.22. The number of imidazole rings is 1. The minimum absolute atomic E-state index is 0.0563. The third-order valence-electron chi connectivity index (χ3n) is 2.44. The van der Waals surface area contributed by atoms with E-state index in [0.717, 1.165) is 16.0 Å². The number of ketones is 1. The molecule has 0 bridgehead atoms. The van der Waals surface area contributed by atoms with Crippen LogP contribution in [0.5, 0.6) is 0 Å². The van der Waals surface area contributed by atoms with Crippen LogP contribution in [0.15, 0.2) is 35.1 Å². The van der Waals surface area contributed by atoms with Crippen LogP contribution in [0.25, 0.3) is 5.69 Å². The van der Waals surface area contributed by atoms with Gasteiger partial charge in [-0.2, -0.15) is 0 Å². The van der Waals surface area contributed by atoms with Gasteiger partial charge in [-0.1, -0.05) is 0 Å². The lowest BCUT2D eigenvalue weighted by Gasteiger charge is -2.07. The summed E-state index contributed by atoms with van der Waals surface area (Å²) in [6.07, 6.45) is 3.65. The van der Waals surface area contributed by atoms with Gasteiger partial charge in [0.05, 0.1) is 0 Å². The third-order valence-corrected chi connectivity index (χ3v) is 3.09. The van der Waals surface area contributed by atoms with Crippen LogP contribution in [0.4, 0.5) is 0 Å². The molecule has 2 aromatic rings. The van der Waals surface area contributed by atoms with E-state index in [0.29, 0.717) is 5.56 Å². The van der Waals surface area contributed by atoms with Crippen molar-refractivity contribution < 1.29 is 4.79 Å². The van der Waals surface area contributed by atoms with Crippen LogP contribution in [0.3, 0.4) is 0 Å². The number of carbonyl (C=O) groups excluding carboxylic acids is 1. The molecule has 16 heavy (non-hydrogen) atoms. The molecular weight excluding hydrogens is 268 g/mol. The molecule has 0 radical (unpaired) electrons. The predicted molar refractivity (Wildman–Crippen MR) is 66.0 cm³/mol. The maximum absolute atomic E-state index is 11.3. The maximum atomic E-state index is 11.3. The number of rotatable bonds is 2. The van der Waals surface area contributed by atoms with E-state index in [1.807, 2.05) is 35.9 Å². The molecule has 0 aliphatic heterocycles. The number of halogens is 1. The van der Waals surface area contributed by atoms with E-state index < -0.39 is 0 Å². The van der Waals surface area contributed by atoms with Crippen molar-refractivity contribution >= 4 is 21.7 Å². The van der Waals surface area contributed by atoms with E-state index in [-0.39, 0.29) is 5.78 Å². The number of aromatic nitrogens is 2. The Balaban J connectivity index is 2.50. The number of hydrogen-bond acceptors (Lipinski definition) is 2. The molecule has 0 aliphatic carbocycles. The number of carbonyl (C=O) groups is 1. The number of hydrogen-bond donors (Lipinski definition) is 0. The molecule has 0 spiro atoms. The van der Waals surface area contributed by atoms with E-state index in [1.165, 1.54) is 0 Å². The van der Waals surface area contributed by atoms with E-state index in [2.05, 4.69) is 20.9 Å². The van der Waals surface area contributed by atoms with Gasteiger partial charge in [-0.3, -0.25) is 4.79 Å². The molecular formula is C12H11BrN2O. The summed E-state index contributed by atoms with van der Waals surface area (Å²) < 4.78 is 2.78. The van der Waals surface area contributed by atoms with Gasteiger partial charge in [0.25, 0.3) is 0 Å². The lowest BCUT2D eigenvalue weighted by Crippen LogP contribution is -1.99. The summed E-state index contributed by atoms with van der Waals surface area (Å²) in [6.45, 7) is 3.50. The van der Waals surface area contributed by atoms with Gasteiger partial charge < -0.3 is 4.57 Å². The van der Waals surface area contributed by atoms with Crippen LogP contribution in [-0.4, -0.2) is 15.3 Å². The molecule has 0 atom stereocenters. The van der Waals surface area contributed by atoms with Crippen molar-refractivity contribution in [2.24, 2.45) is 0 Å². The SMILES string of the molecule is CC(=O)c1ccc(-n2ccnc2C)cc1Br. The molecule has 0 unspecified atom stereocenters. The number of benzene rings is 1. The van der Waals surface area contributed by atoms with E-state index in [4.69, 9.17) is 0 Å². The van der Waals surface area contributed by atoms with Crippen molar-refractivity contribution in [1.29, 1.82) is 0 Å². The van der Waals surface area contributed by atoms with Crippen LogP contribution in [-0.2, 0) is 0 Å². The Morgan fingerprint density at radius 1 is 1.44 bits per heavy atom. The van der Waals surface area contributed by atoms with Gasteiger partial charge in [0.2, 0.25) is 0 Å². The Morgan fingerprint density at radius 3 is 2.69 bits per heavy atom. The summed E-state index contributed by atoms with van der Waals surface area (Å²) in [5.74, 6) is 0.975. The first-order valence-electron chi connectivity index (χ1n) is 4.90. The fourth-order valence-electron chi connectivity index (χ4n) is 1.59. The maximum Gasteiger partial charge on any atom is 0.160 e. The van der Waals surface area contributed by atoms with Crippen LogP contribution in [0.1, 0.15) is 23.1 Å². The second-order valence-electron chi connectivity index (χ2n) is 3.56. The number of aryl methyl sites for hydroxylation is 1. The van der Waals surface area contributed by atoms with Crippen molar-refractivity contribution in [1.82, 2.24) is 9.55 Å². The Hall–Kier alpha value is -1.42. The van der Waals surface area contributed by atoms with Crippen LogP contribution < -0.4 is 0 Å². The lowest BCUT2D eigenvalue weighted by atomic mass is 10.1. The fraction of sp³-hybridized carbons (Fsp3) is 0.167. The molecule has 4 heteroatoms. The molecule has 1 heterocycles. The smallest absolute Gasteiger partial charge is 0.160 e. The van der Waals surface area contributed by atoms with Gasteiger partial charge in [0.1, 0.15) is 5.82 Å². The van der Waals surface area contributed by atoms with Crippen molar-refractivity contribution in [2.75, 3.05) is 0 Å². The van der Waals surface area contributed by atoms with Gasteiger partial charge in [0, 0.05) is 28.1 Å². The van der Waals surface area contributed by atoms with Gasteiger partial charge in [0.15, 0.2) is 5.78 Å². The minimum Gasteiger partial charge on any atom is -0.304 e. The molecule has 0 aliphatic rings. The van der Waals surface area contributed by atoms with E-state index in [1.54, 1.807) is 13.1 Å². The van der Waals surface area contributed by atoms with Crippen molar-refractivity contribution in [2.45, 2.75) is 13.8 Å². The average molecular weight is 279 g/mol. The van der Waals surface area contributed by atoms with Crippen molar-refractivity contribution in [3.05, 3.63) is 46.5 Å². The highest BCUT2D eigenvalue weighted by Crippen LogP contribution is 2.22. The molecule has 0 saturated carbocycles. The van der Waals surface area contributed by atoms with Crippen LogP contribution in [0, 0.1) is 6.92 Å². The van der Waals surface area contributed by atoms with E-state index >= 15 is 0 Å². The zero-order chi connectivity index (χ0) is 11.7. The molecule has 0 amide bonds. The Morgan fingerprint density at radius 2 is 2.19 bits per heavy atom. The average Bonchev–Trinajstić information content (AvgIpc) is 2.63. The molecule has 0 saturated heterocycles. The second-order valence-corrected chi connectivity index (χ2v) is 4.42. The molecule has 1 aromatic carbocycles. The third kappa shape index (κ3) is 1.93. The number of Topliss-reactive ketones (excluding diaryl/α,β-unsaturated/α-hetero) is 1. The molecule has 1 aromatic heterocycles. The summed E-state index contributed by atoms with van der Waals surface area (Å²) in [5, 5.41) is 0. The predicted octanol–water partition coefficient (Wildman–Crippen LogP) is 3.15. The van der Waals surface area contributed by atoms with Gasteiger partial charge >= 0.3 is 0 Å². The first-order chi connectivity index (χ1) is 7.59. The molecule has 0 fully saturated rings. The van der Waals surface area contributed by atoms with Gasteiger partial charge in [-0.25, -0.2) is 4.98 Å². The Labute approximate surface area is 102 Å². The van der Waals surface area contributed by atoms with Crippen molar-refractivity contribution in [3.8, 4) is 5.69 Å². The molecule has 0 N–H and O–H groups in total.